The Labute approximate surface area is 144 Å². The van der Waals surface area contributed by atoms with Gasteiger partial charge in [-0.05, 0) is 53.6 Å². The number of carbonyl (C=O) groups excluding carboxylic acids is 1. The molecule has 0 radical (unpaired) electrons. The second-order valence-electron chi connectivity index (χ2n) is 6.37. The van der Waals surface area contributed by atoms with Gasteiger partial charge in [0.25, 0.3) is 0 Å². The Morgan fingerprint density at radius 3 is 2.50 bits per heavy atom. The quantitative estimate of drug-likeness (QED) is 0.306. The van der Waals surface area contributed by atoms with E-state index in [0.717, 1.165) is 17.5 Å². The van der Waals surface area contributed by atoms with E-state index in [1.807, 2.05) is 12.1 Å². The minimum absolute atomic E-state index is 0.134. The van der Waals surface area contributed by atoms with Crippen LogP contribution in [0.2, 0.25) is 0 Å². The Hall–Kier alpha value is -2.35. The van der Waals surface area contributed by atoms with E-state index in [-0.39, 0.29) is 5.97 Å². The Bertz CT molecular complexity index is 726. The standard InChI is InChI=1S/C22H24O2/c1-2-3-4-5-17-6-8-18(9-7-17)10-11-19-12-14-21-20(16-19)13-15-22(23)24-21/h6-12,14,16H,2-5,13,15H2,1H3. The fraction of sp³-hybridized carbons (Fsp3) is 0.318. The number of hydrogen-bond donors (Lipinski definition) is 0. The molecule has 1 heterocycles. The van der Waals surface area contributed by atoms with Gasteiger partial charge in [0.1, 0.15) is 5.75 Å². The molecule has 0 aliphatic carbocycles. The molecular weight excluding hydrogens is 296 g/mol. The van der Waals surface area contributed by atoms with Crippen molar-refractivity contribution in [2.75, 3.05) is 0 Å². The maximum Gasteiger partial charge on any atom is 0.311 e. The van der Waals surface area contributed by atoms with Gasteiger partial charge in [-0.1, -0.05) is 62.2 Å². The number of ether oxygens (including phenoxy) is 1. The van der Waals surface area contributed by atoms with Gasteiger partial charge in [-0.25, -0.2) is 0 Å². The van der Waals surface area contributed by atoms with Gasteiger partial charge >= 0.3 is 5.97 Å². The van der Waals surface area contributed by atoms with E-state index >= 15 is 0 Å². The van der Waals surface area contributed by atoms with E-state index in [0.29, 0.717) is 12.2 Å². The highest BCUT2D eigenvalue weighted by Crippen LogP contribution is 2.26. The summed E-state index contributed by atoms with van der Waals surface area (Å²) in [6.45, 7) is 2.23. The smallest absolute Gasteiger partial charge is 0.311 e. The van der Waals surface area contributed by atoms with Crippen LogP contribution in [0.25, 0.3) is 12.2 Å². The lowest BCUT2D eigenvalue weighted by molar-refractivity contribution is -0.135. The zero-order valence-corrected chi connectivity index (χ0v) is 14.3. The van der Waals surface area contributed by atoms with Crippen molar-refractivity contribution in [3.8, 4) is 5.75 Å². The molecule has 3 rings (SSSR count). The molecule has 0 spiro atoms. The number of carbonyl (C=O) groups is 1. The highest BCUT2D eigenvalue weighted by atomic mass is 16.5. The van der Waals surface area contributed by atoms with E-state index < -0.39 is 0 Å². The van der Waals surface area contributed by atoms with Crippen molar-refractivity contribution in [1.82, 2.24) is 0 Å². The van der Waals surface area contributed by atoms with Gasteiger partial charge < -0.3 is 4.74 Å². The predicted molar refractivity (Wildman–Crippen MR) is 99.0 cm³/mol. The lowest BCUT2D eigenvalue weighted by Gasteiger charge is -2.15. The summed E-state index contributed by atoms with van der Waals surface area (Å²) in [6.07, 6.45) is 10.5. The number of aryl methyl sites for hydroxylation is 2. The van der Waals surface area contributed by atoms with E-state index in [1.165, 1.54) is 36.8 Å². The van der Waals surface area contributed by atoms with Crippen LogP contribution < -0.4 is 4.74 Å². The summed E-state index contributed by atoms with van der Waals surface area (Å²) in [5.74, 6) is 0.574. The molecule has 0 N–H and O–H groups in total. The molecule has 124 valence electrons. The molecule has 24 heavy (non-hydrogen) atoms. The maximum atomic E-state index is 11.3. The van der Waals surface area contributed by atoms with Crippen molar-refractivity contribution < 1.29 is 9.53 Å². The molecule has 0 aromatic heterocycles. The largest absolute Gasteiger partial charge is 0.426 e. The van der Waals surface area contributed by atoms with E-state index in [2.05, 4.69) is 49.4 Å². The van der Waals surface area contributed by atoms with Crippen LogP contribution in [0.3, 0.4) is 0 Å². The van der Waals surface area contributed by atoms with Crippen LogP contribution >= 0.6 is 0 Å². The van der Waals surface area contributed by atoms with Crippen LogP contribution in [0.15, 0.2) is 42.5 Å². The minimum atomic E-state index is -0.134. The van der Waals surface area contributed by atoms with Gasteiger partial charge in [0.05, 0.1) is 6.42 Å². The average Bonchev–Trinajstić information content (AvgIpc) is 2.61. The normalized spacial score (nSPS) is 13.8. The zero-order valence-electron chi connectivity index (χ0n) is 14.3. The predicted octanol–water partition coefficient (Wildman–Crippen LogP) is 5.44. The van der Waals surface area contributed by atoms with Gasteiger partial charge in [0.15, 0.2) is 0 Å². The summed E-state index contributed by atoms with van der Waals surface area (Å²) in [7, 11) is 0. The van der Waals surface area contributed by atoms with Crippen LogP contribution in [0.5, 0.6) is 5.75 Å². The first-order valence-electron chi connectivity index (χ1n) is 8.85. The number of fused-ring (bicyclic) bond motifs is 1. The van der Waals surface area contributed by atoms with Gasteiger partial charge in [-0.3, -0.25) is 4.79 Å². The molecule has 0 unspecified atom stereocenters. The van der Waals surface area contributed by atoms with Crippen LogP contribution in [-0.4, -0.2) is 5.97 Å². The molecule has 2 aromatic carbocycles. The molecule has 0 fully saturated rings. The first-order chi connectivity index (χ1) is 11.7. The fourth-order valence-corrected chi connectivity index (χ4v) is 2.98. The number of benzene rings is 2. The zero-order chi connectivity index (χ0) is 16.8. The van der Waals surface area contributed by atoms with Crippen molar-refractivity contribution in [3.63, 3.8) is 0 Å². The first-order valence-corrected chi connectivity index (χ1v) is 8.85. The van der Waals surface area contributed by atoms with Crippen LogP contribution in [0.4, 0.5) is 0 Å². The fourth-order valence-electron chi connectivity index (χ4n) is 2.98. The second-order valence-corrected chi connectivity index (χ2v) is 6.37. The molecule has 0 saturated carbocycles. The summed E-state index contributed by atoms with van der Waals surface area (Å²) in [6, 6.07) is 14.8. The second kappa shape index (κ2) is 7.96. The Kier molecular flexibility index (Phi) is 5.47. The molecular formula is C22H24O2. The molecule has 0 saturated heterocycles. The summed E-state index contributed by atoms with van der Waals surface area (Å²) < 4.78 is 5.24. The third kappa shape index (κ3) is 4.35. The summed E-state index contributed by atoms with van der Waals surface area (Å²) in [4.78, 5) is 11.3. The molecule has 2 aromatic rings. The average molecular weight is 320 g/mol. The van der Waals surface area contributed by atoms with Crippen LogP contribution in [0, 0.1) is 0 Å². The highest BCUT2D eigenvalue weighted by molar-refractivity contribution is 5.76. The van der Waals surface area contributed by atoms with Crippen molar-refractivity contribution >= 4 is 18.1 Å². The number of hydrogen-bond acceptors (Lipinski definition) is 2. The maximum absolute atomic E-state index is 11.3. The Morgan fingerprint density at radius 1 is 0.958 bits per heavy atom. The third-order valence-corrected chi connectivity index (χ3v) is 4.42. The number of rotatable bonds is 6. The molecule has 1 aliphatic heterocycles. The highest BCUT2D eigenvalue weighted by Gasteiger charge is 2.16. The first kappa shape index (κ1) is 16.5. The van der Waals surface area contributed by atoms with Gasteiger partial charge in [0.2, 0.25) is 0 Å². The SMILES string of the molecule is CCCCCc1ccc(C=Cc2ccc3c(c2)CCC(=O)O3)cc1. The van der Waals surface area contributed by atoms with Crippen LogP contribution in [0.1, 0.15) is 54.9 Å². The molecule has 2 heteroatoms. The van der Waals surface area contributed by atoms with E-state index in [1.54, 1.807) is 0 Å². The van der Waals surface area contributed by atoms with Crippen molar-refractivity contribution in [2.45, 2.75) is 45.4 Å². The Morgan fingerprint density at radius 2 is 1.71 bits per heavy atom. The topological polar surface area (TPSA) is 26.3 Å². The van der Waals surface area contributed by atoms with Crippen molar-refractivity contribution in [3.05, 3.63) is 64.7 Å². The molecule has 0 bridgehead atoms. The molecule has 0 atom stereocenters. The van der Waals surface area contributed by atoms with Gasteiger partial charge in [-0.2, -0.15) is 0 Å². The minimum Gasteiger partial charge on any atom is -0.426 e. The number of unbranched alkanes of at least 4 members (excludes halogenated alkanes) is 2. The lowest BCUT2D eigenvalue weighted by atomic mass is 10.0. The summed E-state index contributed by atoms with van der Waals surface area (Å²) >= 11 is 0. The van der Waals surface area contributed by atoms with Crippen molar-refractivity contribution in [2.24, 2.45) is 0 Å². The monoisotopic (exact) mass is 320 g/mol. The Balaban J connectivity index is 1.64. The number of esters is 1. The molecule has 2 nitrogen and oxygen atoms in total. The van der Waals surface area contributed by atoms with Gasteiger partial charge in [-0.15, -0.1) is 0 Å². The molecule has 0 amide bonds. The lowest BCUT2D eigenvalue weighted by Crippen LogP contribution is -2.15. The van der Waals surface area contributed by atoms with Gasteiger partial charge in [0, 0.05) is 0 Å². The van der Waals surface area contributed by atoms with Crippen molar-refractivity contribution in [1.29, 1.82) is 0 Å². The summed E-state index contributed by atoms with van der Waals surface area (Å²) in [5, 5.41) is 0. The molecule has 1 aliphatic rings. The van der Waals surface area contributed by atoms with Crippen LogP contribution in [-0.2, 0) is 17.6 Å². The third-order valence-electron chi connectivity index (χ3n) is 4.42. The summed E-state index contributed by atoms with van der Waals surface area (Å²) in [5.41, 5.74) is 4.87. The van der Waals surface area contributed by atoms with E-state index in [4.69, 9.17) is 4.74 Å². The van der Waals surface area contributed by atoms with E-state index in [9.17, 15) is 4.79 Å².